The van der Waals surface area contributed by atoms with Crippen LogP contribution in [-0.4, -0.2) is 16.9 Å². The van der Waals surface area contributed by atoms with Crippen molar-refractivity contribution >= 4 is 11.6 Å². The van der Waals surface area contributed by atoms with Gasteiger partial charge in [-0.25, -0.2) is 0 Å². The van der Waals surface area contributed by atoms with Crippen LogP contribution in [0.15, 0.2) is 30.5 Å². The van der Waals surface area contributed by atoms with Crippen LogP contribution in [0.5, 0.6) is 5.75 Å². The smallest absolute Gasteiger partial charge is 0.134 e. The van der Waals surface area contributed by atoms with Gasteiger partial charge in [0.15, 0.2) is 0 Å². The maximum Gasteiger partial charge on any atom is 0.134 e. The number of rotatable bonds is 2. The van der Waals surface area contributed by atoms with Crippen LogP contribution in [0.1, 0.15) is 0 Å². The molecule has 0 atom stereocenters. The van der Waals surface area contributed by atoms with Gasteiger partial charge in [0, 0.05) is 12.6 Å². The summed E-state index contributed by atoms with van der Waals surface area (Å²) in [5, 5.41) is 4.72. The van der Waals surface area contributed by atoms with Crippen molar-refractivity contribution in [3.8, 4) is 16.9 Å². The van der Waals surface area contributed by atoms with Crippen LogP contribution in [0.4, 0.5) is 0 Å². The average Bonchev–Trinajstić information content (AvgIpc) is 2.60. The molecule has 78 valence electrons. The third kappa shape index (κ3) is 1.83. The number of aryl methyl sites for hydroxylation is 1. The molecule has 4 heteroatoms. The van der Waals surface area contributed by atoms with Crippen molar-refractivity contribution in [2.24, 2.45) is 7.05 Å². The first-order valence-electron chi connectivity index (χ1n) is 4.54. The predicted octanol–water partition coefficient (Wildman–Crippen LogP) is 2.75. The topological polar surface area (TPSA) is 27.1 Å². The highest BCUT2D eigenvalue weighted by molar-refractivity contribution is 6.32. The summed E-state index contributed by atoms with van der Waals surface area (Å²) in [7, 11) is 3.45. The van der Waals surface area contributed by atoms with Crippen molar-refractivity contribution in [2.45, 2.75) is 0 Å². The number of methoxy groups -OCH3 is 1. The number of ether oxygens (including phenoxy) is 1. The summed E-state index contributed by atoms with van der Waals surface area (Å²) < 4.78 is 6.79. The summed E-state index contributed by atoms with van der Waals surface area (Å²) in [6.07, 6.45) is 1.75. The Labute approximate surface area is 93.2 Å². The van der Waals surface area contributed by atoms with Crippen molar-refractivity contribution in [1.82, 2.24) is 9.78 Å². The molecule has 0 saturated heterocycles. The van der Waals surface area contributed by atoms with Crippen molar-refractivity contribution in [3.63, 3.8) is 0 Å². The fraction of sp³-hybridized carbons (Fsp3) is 0.182. The van der Waals surface area contributed by atoms with Gasteiger partial charge in [-0.3, -0.25) is 4.68 Å². The maximum absolute atomic E-state index is 6.10. The van der Waals surface area contributed by atoms with Gasteiger partial charge in [0.1, 0.15) is 10.9 Å². The SMILES string of the molecule is COc1cccc(-c2cnn(C)c2Cl)c1. The van der Waals surface area contributed by atoms with E-state index in [0.29, 0.717) is 5.15 Å². The highest BCUT2D eigenvalue weighted by atomic mass is 35.5. The first-order valence-corrected chi connectivity index (χ1v) is 4.92. The van der Waals surface area contributed by atoms with Gasteiger partial charge >= 0.3 is 0 Å². The normalized spacial score (nSPS) is 10.3. The summed E-state index contributed by atoms with van der Waals surface area (Å²) in [5.74, 6) is 0.812. The minimum absolute atomic E-state index is 0.628. The zero-order valence-electron chi connectivity index (χ0n) is 8.57. The molecule has 1 aromatic carbocycles. The summed E-state index contributed by atoms with van der Waals surface area (Å²) in [6.45, 7) is 0. The van der Waals surface area contributed by atoms with Crippen LogP contribution < -0.4 is 4.74 Å². The number of halogens is 1. The number of hydrogen-bond acceptors (Lipinski definition) is 2. The lowest BCUT2D eigenvalue weighted by atomic mass is 10.1. The zero-order valence-corrected chi connectivity index (χ0v) is 9.32. The molecule has 0 bridgehead atoms. The second kappa shape index (κ2) is 3.95. The van der Waals surface area contributed by atoms with E-state index in [1.165, 1.54) is 0 Å². The molecule has 0 aliphatic carbocycles. The molecule has 0 N–H and O–H groups in total. The Morgan fingerprint density at radius 1 is 1.40 bits per heavy atom. The standard InChI is InChI=1S/C11H11ClN2O/c1-14-11(12)10(7-13-14)8-4-3-5-9(6-8)15-2/h3-7H,1-2H3. The molecule has 1 aromatic heterocycles. The minimum Gasteiger partial charge on any atom is -0.497 e. The highest BCUT2D eigenvalue weighted by Gasteiger charge is 2.08. The highest BCUT2D eigenvalue weighted by Crippen LogP contribution is 2.29. The van der Waals surface area contributed by atoms with E-state index in [9.17, 15) is 0 Å². The lowest BCUT2D eigenvalue weighted by Gasteiger charge is -2.02. The molecule has 0 fully saturated rings. The Balaban J connectivity index is 2.49. The van der Waals surface area contributed by atoms with Crippen LogP contribution >= 0.6 is 11.6 Å². The number of aromatic nitrogens is 2. The third-order valence-corrected chi connectivity index (χ3v) is 2.70. The van der Waals surface area contributed by atoms with E-state index in [1.807, 2.05) is 31.3 Å². The van der Waals surface area contributed by atoms with E-state index < -0.39 is 0 Å². The van der Waals surface area contributed by atoms with Crippen LogP contribution in [0.3, 0.4) is 0 Å². The molecule has 0 unspecified atom stereocenters. The van der Waals surface area contributed by atoms with Crippen molar-refractivity contribution in [2.75, 3.05) is 7.11 Å². The first-order chi connectivity index (χ1) is 7.22. The molecular formula is C11H11ClN2O. The Bertz CT molecular complexity index is 479. The van der Waals surface area contributed by atoms with E-state index in [4.69, 9.17) is 16.3 Å². The minimum atomic E-state index is 0.628. The summed E-state index contributed by atoms with van der Waals surface area (Å²) >= 11 is 6.10. The van der Waals surface area contributed by atoms with Gasteiger partial charge in [-0.05, 0) is 17.7 Å². The second-order valence-corrected chi connectivity index (χ2v) is 3.56. The second-order valence-electron chi connectivity index (χ2n) is 3.20. The molecular weight excluding hydrogens is 212 g/mol. The van der Waals surface area contributed by atoms with Gasteiger partial charge in [0.2, 0.25) is 0 Å². The van der Waals surface area contributed by atoms with Crippen molar-refractivity contribution < 1.29 is 4.74 Å². The molecule has 0 spiro atoms. The molecule has 0 radical (unpaired) electrons. The molecule has 15 heavy (non-hydrogen) atoms. The van der Waals surface area contributed by atoms with Gasteiger partial charge < -0.3 is 4.74 Å². The van der Waals surface area contributed by atoms with Gasteiger partial charge in [-0.2, -0.15) is 5.10 Å². The largest absolute Gasteiger partial charge is 0.497 e. The van der Waals surface area contributed by atoms with Crippen LogP contribution in [0.2, 0.25) is 5.15 Å². The lowest BCUT2D eigenvalue weighted by Crippen LogP contribution is -1.88. The summed E-state index contributed by atoms with van der Waals surface area (Å²) in [5.41, 5.74) is 1.92. The van der Waals surface area contributed by atoms with Gasteiger partial charge in [0.05, 0.1) is 13.3 Å². The van der Waals surface area contributed by atoms with E-state index in [0.717, 1.165) is 16.9 Å². The molecule has 0 amide bonds. The van der Waals surface area contributed by atoms with Crippen LogP contribution in [0, 0.1) is 0 Å². The fourth-order valence-electron chi connectivity index (χ4n) is 1.41. The monoisotopic (exact) mass is 222 g/mol. The van der Waals surface area contributed by atoms with E-state index >= 15 is 0 Å². The van der Waals surface area contributed by atoms with Crippen LogP contribution in [-0.2, 0) is 7.05 Å². The number of benzene rings is 1. The Hall–Kier alpha value is -1.48. The average molecular weight is 223 g/mol. The Kier molecular flexibility index (Phi) is 2.64. The molecule has 3 nitrogen and oxygen atoms in total. The predicted molar refractivity (Wildman–Crippen MR) is 60.2 cm³/mol. The van der Waals surface area contributed by atoms with Gasteiger partial charge in [0.25, 0.3) is 0 Å². The number of nitrogens with zero attached hydrogens (tertiary/aromatic N) is 2. The third-order valence-electron chi connectivity index (χ3n) is 2.25. The molecule has 1 heterocycles. The maximum atomic E-state index is 6.10. The molecule has 0 aliphatic heterocycles. The summed E-state index contributed by atoms with van der Waals surface area (Å²) in [6, 6.07) is 7.74. The quantitative estimate of drug-likeness (QED) is 0.781. The fourth-order valence-corrected chi connectivity index (χ4v) is 1.61. The zero-order chi connectivity index (χ0) is 10.8. The first kappa shape index (κ1) is 10.1. The Morgan fingerprint density at radius 3 is 2.80 bits per heavy atom. The molecule has 2 rings (SSSR count). The van der Waals surface area contributed by atoms with Gasteiger partial charge in [-0.15, -0.1) is 0 Å². The molecule has 0 aliphatic rings. The molecule has 2 aromatic rings. The van der Waals surface area contributed by atoms with Crippen molar-refractivity contribution in [3.05, 3.63) is 35.6 Å². The van der Waals surface area contributed by atoms with Crippen LogP contribution in [0.25, 0.3) is 11.1 Å². The molecule has 0 saturated carbocycles. The Morgan fingerprint density at radius 2 is 2.20 bits per heavy atom. The van der Waals surface area contributed by atoms with E-state index in [-0.39, 0.29) is 0 Å². The lowest BCUT2D eigenvalue weighted by molar-refractivity contribution is 0.415. The van der Waals surface area contributed by atoms with Crippen molar-refractivity contribution in [1.29, 1.82) is 0 Å². The summed E-state index contributed by atoms with van der Waals surface area (Å²) in [4.78, 5) is 0. The van der Waals surface area contributed by atoms with E-state index in [1.54, 1.807) is 18.0 Å². The van der Waals surface area contributed by atoms with Gasteiger partial charge in [-0.1, -0.05) is 23.7 Å². The number of hydrogen-bond donors (Lipinski definition) is 0. The van der Waals surface area contributed by atoms with E-state index in [2.05, 4.69) is 5.10 Å².